The fourth-order valence-electron chi connectivity index (χ4n) is 1.58. The number of carbonyl (C=O) groups excluding carboxylic acids is 1. The number of unbranched alkanes of at least 4 members (excludes halogenated alkanes) is 5. The van der Waals surface area contributed by atoms with Crippen molar-refractivity contribution < 1.29 is 14.3 Å². The third-order valence-corrected chi connectivity index (χ3v) is 2.55. The standard InChI is InChI=1S/C7H16.C6H12O2.C6H14O/c1-3-5-7-6-4-2;1-3-4-5-8-6(2)7;1-5(2)7-6(3)4/h3-7H2,1-2H3;3-5H2,1-2H3;5-6H,1-4H3. The van der Waals surface area contributed by atoms with Crippen LogP contribution >= 0.6 is 0 Å². The molecular formula is C19H42O3. The number of ether oxygens (including phenoxy) is 2. The zero-order valence-electron chi connectivity index (χ0n) is 16.5. The van der Waals surface area contributed by atoms with Gasteiger partial charge in [-0.05, 0) is 34.1 Å². The first kappa shape index (κ1) is 26.3. The Morgan fingerprint density at radius 2 is 1.18 bits per heavy atom. The van der Waals surface area contributed by atoms with Crippen molar-refractivity contribution in [2.75, 3.05) is 6.61 Å². The van der Waals surface area contributed by atoms with E-state index in [1.54, 1.807) is 0 Å². The Bertz CT molecular complexity index is 191. The summed E-state index contributed by atoms with van der Waals surface area (Å²) in [7, 11) is 0. The second-order valence-electron chi connectivity index (χ2n) is 5.99. The Morgan fingerprint density at radius 1 is 0.773 bits per heavy atom. The van der Waals surface area contributed by atoms with Gasteiger partial charge >= 0.3 is 5.97 Å². The molecular weight excluding hydrogens is 276 g/mol. The lowest BCUT2D eigenvalue weighted by atomic mass is 10.2. The molecule has 0 heterocycles. The lowest BCUT2D eigenvalue weighted by molar-refractivity contribution is -0.141. The molecule has 136 valence electrons. The predicted octanol–water partition coefficient (Wildman–Crippen LogP) is 6.15. The van der Waals surface area contributed by atoms with Gasteiger partial charge in [0, 0.05) is 6.92 Å². The highest BCUT2D eigenvalue weighted by molar-refractivity contribution is 5.65. The maximum atomic E-state index is 10.1. The predicted molar refractivity (Wildman–Crippen MR) is 97.3 cm³/mol. The molecule has 0 bridgehead atoms. The molecule has 0 N–H and O–H groups in total. The molecule has 0 aliphatic rings. The quantitative estimate of drug-likeness (QED) is 0.378. The first-order chi connectivity index (χ1) is 10.3. The molecule has 0 unspecified atom stereocenters. The van der Waals surface area contributed by atoms with Gasteiger partial charge in [0.25, 0.3) is 0 Å². The van der Waals surface area contributed by atoms with Crippen molar-refractivity contribution in [3.05, 3.63) is 0 Å². The summed E-state index contributed by atoms with van der Waals surface area (Å²) in [6.45, 7) is 16.7. The van der Waals surface area contributed by atoms with Gasteiger partial charge < -0.3 is 9.47 Å². The summed E-state index contributed by atoms with van der Waals surface area (Å²) in [6, 6.07) is 0. The van der Waals surface area contributed by atoms with Crippen molar-refractivity contribution in [3.63, 3.8) is 0 Å². The number of carbonyl (C=O) groups is 1. The summed E-state index contributed by atoms with van der Waals surface area (Å²) in [5, 5.41) is 0. The number of hydrogen-bond donors (Lipinski definition) is 0. The Balaban J connectivity index is -0.000000247. The van der Waals surface area contributed by atoms with Gasteiger partial charge in [0.1, 0.15) is 0 Å². The Morgan fingerprint density at radius 3 is 1.41 bits per heavy atom. The lowest BCUT2D eigenvalue weighted by Crippen LogP contribution is -2.09. The topological polar surface area (TPSA) is 35.5 Å². The minimum atomic E-state index is -0.182. The van der Waals surface area contributed by atoms with E-state index in [0.29, 0.717) is 18.8 Å². The molecule has 22 heavy (non-hydrogen) atoms. The van der Waals surface area contributed by atoms with Crippen LogP contribution in [0.1, 0.15) is 100 Å². The summed E-state index contributed by atoms with van der Waals surface area (Å²) in [5.74, 6) is -0.182. The molecule has 0 aromatic heterocycles. The second-order valence-corrected chi connectivity index (χ2v) is 5.99. The minimum absolute atomic E-state index is 0.182. The molecule has 3 heteroatoms. The van der Waals surface area contributed by atoms with E-state index in [0.717, 1.165) is 12.8 Å². The normalized spacial score (nSPS) is 9.73. The zero-order chi connectivity index (χ0) is 17.8. The molecule has 0 amide bonds. The van der Waals surface area contributed by atoms with Gasteiger partial charge in [-0.25, -0.2) is 0 Å². The third kappa shape index (κ3) is 42.7. The fraction of sp³-hybridized carbons (Fsp3) is 0.947. The highest BCUT2D eigenvalue weighted by Gasteiger charge is 1.94. The third-order valence-electron chi connectivity index (χ3n) is 2.55. The van der Waals surface area contributed by atoms with E-state index in [2.05, 4.69) is 25.5 Å². The van der Waals surface area contributed by atoms with Crippen molar-refractivity contribution in [3.8, 4) is 0 Å². The van der Waals surface area contributed by atoms with Crippen molar-refractivity contribution in [1.82, 2.24) is 0 Å². The summed E-state index contributed by atoms with van der Waals surface area (Å²) in [5.41, 5.74) is 0. The highest BCUT2D eigenvalue weighted by atomic mass is 16.5. The molecule has 0 saturated carbocycles. The van der Waals surface area contributed by atoms with Crippen LogP contribution in [-0.2, 0) is 14.3 Å². The molecule has 0 fully saturated rings. The Kier molecular flexibility index (Phi) is 27.2. The summed E-state index contributed by atoms with van der Waals surface area (Å²) >= 11 is 0. The summed E-state index contributed by atoms with van der Waals surface area (Å²) < 4.78 is 9.89. The van der Waals surface area contributed by atoms with Crippen LogP contribution in [0, 0.1) is 0 Å². The molecule has 0 radical (unpaired) electrons. The van der Waals surface area contributed by atoms with E-state index in [4.69, 9.17) is 4.74 Å². The summed E-state index contributed by atoms with van der Waals surface area (Å²) in [4.78, 5) is 10.1. The van der Waals surface area contributed by atoms with E-state index in [-0.39, 0.29) is 5.97 Å². The van der Waals surface area contributed by atoms with Gasteiger partial charge in [0.05, 0.1) is 18.8 Å². The maximum Gasteiger partial charge on any atom is 0.302 e. The summed E-state index contributed by atoms with van der Waals surface area (Å²) in [6.07, 6.45) is 9.81. The van der Waals surface area contributed by atoms with Gasteiger partial charge in [0.2, 0.25) is 0 Å². The van der Waals surface area contributed by atoms with Crippen molar-refractivity contribution in [2.45, 2.75) is 113 Å². The smallest absolute Gasteiger partial charge is 0.302 e. The molecule has 0 aromatic carbocycles. The Hall–Kier alpha value is -0.570. The van der Waals surface area contributed by atoms with Gasteiger partial charge in [-0.15, -0.1) is 0 Å². The fourth-order valence-corrected chi connectivity index (χ4v) is 1.58. The van der Waals surface area contributed by atoms with Crippen LogP contribution in [0.5, 0.6) is 0 Å². The lowest BCUT2D eigenvalue weighted by Gasteiger charge is -2.09. The molecule has 0 aliphatic heterocycles. The van der Waals surface area contributed by atoms with Gasteiger partial charge in [-0.3, -0.25) is 4.79 Å². The molecule has 0 aromatic rings. The zero-order valence-corrected chi connectivity index (χ0v) is 16.5. The molecule has 0 aliphatic carbocycles. The van der Waals surface area contributed by atoms with Crippen molar-refractivity contribution in [2.24, 2.45) is 0 Å². The van der Waals surface area contributed by atoms with Crippen LogP contribution < -0.4 is 0 Å². The largest absolute Gasteiger partial charge is 0.466 e. The van der Waals surface area contributed by atoms with E-state index in [9.17, 15) is 4.79 Å². The average Bonchev–Trinajstić information content (AvgIpc) is 2.39. The van der Waals surface area contributed by atoms with E-state index in [1.165, 1.54) is 39.0 Å². The van der Waals surface area contributed by atoms with E-state index >= 15 is 0 Å². The average molecular weight is 319 g/mol. The number of rotatable bonds is 9. The monoisotopic (exact) mass is 318 g/mol. The molecule has 0 saturated heterocycles. The molecule has 0 spiro atoms. The second kappa shape index (κ2) is 22.7. The van der Waals surface area contributed by atoms with Crippen LogP contribution in [0.15, 0.2) is 0 Å². The molecule has 0 rings (SSSR count). The van der Waals surface area contributed by atoms with E-state index < -0.39 is 0 Å². The van der Waals surface area contributed by atoms with Crippen LogP contribution in [0.4, 0.5) is 0 Å². The van der Waals surface area contributed by atoms with Crippen LogP contribution in [0.2, 0.25) is 0 Å². The SMILES string of the molecule is CC(C)OC(C)C.CCCCCCC.CCCCOC(C)=O. The number of hydrogen-bond acceptors (Lipinski definition) is 3. The maximum absolute atomic E-state index is 10.1. The van der Waals surface area contributed by atoms with Crippen LogP contribution in [0.3, 0.4) is 0 Å². The molecule has 0 atom stereocenters. The Labute approximate surface area is 140 Å². The van der Waals surface area contributed by atoms with Crippen molar-refractivity contribution >= 4 is 5.97 Å². The first-order valence-electron chi connectivity index (χ1n) is 9.10. The van der Waals surface area contributed by atoms with E-state index in [1.807, 2.05) is 27.7 Å². The minimum Gasteiger partial charge on any atom is -0.466 e. The number of esters is 1. The molecule has 3 nitrogen and oxygen atoms in total. The first-order valence-corrected chi connectivity index (χ1v) is 9.10. The van der Waals surface area contributed by atoms with Gasteiger partial charge in [0.15, 0.2) is 0 Å². The van der Waals surface area contributed by atoms with Crippen LogP contribution in [0.25, 0.3) is 0 Å². The van der Waals surface area contributed by atoms with Crippen LogP contribution in [-0.4, -0.2) is 24.8 Å². The van der Waals surface area contributed by atoms with Crippen molar-refractivity contribution in [1.29, 1.82) is 0 Å². The van der Waals surface area contributed by atoms with Gasteiger partial charge in [-0.1, -0.05) is 59.3 Å². The van der Waals surface area contributed by atoms with Gasteiger partial charge in [-0.2, -0.15) is 0 Å². The highest BCUT2D eigenvalue weighted by Crippen LogP contribution is 2.00.